The van der Waals surface area contributed by atoms with Gasteiger partial charge in [0.05, 0.1) is 26.2 Å². The number of nitrogens with zero attached hydrogens (tertiary/aromatic N) is 8. The summed E-state index contributed by atoms with van der Waals surface area (Å²) < 4.78 is 0. The summed E-state index contributed by atoms with van der Waals surface area (Å²) >= 11 is 0. The van der Waals surface area contributed by atoms with Crippen molar-refractivity contribution in [2.75, 3.05) is 52.4 Å². The largest absolute Gasteiger partial charge is 0.737 e. The van der Waals surface area contributed by atoms with Crippen molar-refractivity contribution in [2.24, 2.45) is 10.6 Å². The van der Waals surface area contributed by atoms with E-state index in [1.54, 1.807) is 0 Å². The summed E-state index contributed by atoms with van der Waals surface area (Å²) in [7, 11) is 0. The van der Waals surface area contributed by atoms with Crippen LogP contribution in [0.1, 0.15) is 0 Å². The number of hydrogen-bond acceptors (Lipinski definition) is 8. The van der Waals surface area contributed by atoms with Crippen molar-refractivity contribution < 1.29 is 19.5 Å². The Morgan fingerprint density at radius 2 is 0.958 bits per heavy atom. The van der Waals surface area contributed by atoms with Crippen molar-refractivity contribution >= 4 is 11.8 Å². The van der Waals surface area contributed by atoms with E-state index in [-0.39, 0.29) is 62.3 Å². The van der Waals surface area contributed by atoms with Crippen LogP contribution in [-0.2, 0) is 9.59 Å². The third-order valence-electron chi connectivity index (χ3n) is 3.89. The van der Waals surface area contributed by atoms with Crippen LogP contribution < -0.4 is 0 Å². The van der Waals surface area contributed by atoms with Crippen molar-refractivity contribution in [3.8, 4) is 0 Å². The van der Waals surface area contributed by atoms with Crippen LogP contribution in [0.4, 0.5) is 0 Å². The molecule has 3 rings (SSSR count). The van der Waals surface area contributed by atoms with Gasteiger partial charge in [0.1, 0.15) is 0 Å². The van der Waals surface area contributed by atoms with Gasteiger partial charge in [-0.1, -0.05) is 0 Å². The number of amides is 2. The highest BCUT2D eigenvalue weighted by Crippen LogP contribution is 2.08. The lowest BCUT2D eigenvalue weighted by Gasteiger charge is -2.36. The number of hydrogen-bond donors (Lipinski definition) is 0. The number of carbonyl (C=O) groups excluding carboxylic acids is 2. The first-order chi connectivity index (χ1) is 11.5. The predicted octanol–water partition coefficient (Wildman–Crippen LogP) is -1.97. The Kier molecular flexibility index (Phi) is 5.39. The summed E-state index contributed by atoms with van der Waals surface area (Å²) in [5.74, 6) is -1.45. The van der Waals surface area contributed by atoms with Gasteiger partial charge >= 0.3 is 11.8 Å². The van der Waals surface area contributed by atoms with Gasteiger partial charge in [-0.3, -0.25) is 9.59 Å². The molecule has 3 aliphatic heterocycles. The molecule has 0 spiro atoms. The van der Waals surface area contributed by atoms with Crippen LogP contribution in [-0.4, -0.2) is 93.9 Å². The van der Waals surface area contributed by atoms with E-state index in [0.29, 0.717) is 0 Å². The average Bonchev–Trinajstić information content (AvgIpc) is 2.59. The Hall–Kier alpha value is -3.06. The van der Waals surface area contributed by atoms with Crippen molar-refractivity contribution in [3.63, 3.8) is 0 Å². The van der Waals surface area contributed by atoms with Gasteiger partial charge in [0.15, 0.2) is 0 Å². The molecule has 0 saturated carbocycles. The molecule has 14 heteroatoms. The molecule has 2 amide bonds. The number of piperazine rings is 1. The summed E-state index contributed by atoms with van der Waals surface area (Å²) in [6, 6.07) is 0. The Labute approximate surface area is 136 Å². The first-order valence-electron chi connectivity index (χ1n) is 7.17. The van der Waals surface area contributed by atoms with E-state index in [2.05, 4.69) is 10.6 Å². The lowest BCUT2D eigenvalue weighted by atomic mass is 10.2. The first-order valence-corrected chi connectivity index (χ1v) is 7.17. The lowest BCUT2D eigenvalue weighted by molar-refractivity contribution is -0.707. The van der Waals surface area contributed by atoms with Gasteiger partial charge in [0.2, 0.25) is 0 Å². The molecule has 0 N–H and O–H groups in total. The Bertz CT molecular complexity index is 501. The molecular formula is C10H16N8O6-2. The molecule has 0 atom stereocenters. The quantitative estimate of drug-likeness (QED) is 0.240. The average molecular weight is 344 g/mol. The Balaban J connectivity index is 2.22. The van der Waals surface area contributed by atoms with Crippen LogP contribution in [0.5, 0.6) is 0 Å². The zero-order chi connectivity index (χ0) is 17.7. The number of carbonyl (C=O) groups is 2. The maximum absolute atomic E-state index is 12.0. The van der Waals surface area contributed by atoms with Crippen LogP contribution in [0.15, 0.2) is 10.6 Å². The van der Waals surface area contributed by atoms with Gasteiger partial charge < -0.3 is 30.6 Å². The van der Waals surface area contributed by atoms with Crippen LogP contribution in [0.3, 0.4) is 0 Å². The highest BCUT2D eigenvalue weighted by Gasteiger charge is 2.34. The third kappa shape index (κ3) is 3.64. The molecule has 24 heavy (non-hydrogen) atoms. The second-order valence-electron chi connectivity index (χ2n) is 5.16. The van der Waals surface area contributed by atoms with Gasteiger partial charge in [-0.05, 0) is 10.6 Å². The van der Waals surface area contributed by atoms with Crippen LogP contribution in [0, 0.1) is 20.8 Å². The summed E-state index contributed by atoms with van der Waals surface area (Å²) in [6.45, 7) is 0.293. The predicted molar refractivity (Wildman–Crippen MR) is 75.2 cm³/mol. The monoisotopic (exact) mass is 344 g/mol. The highest BCUT2D eigenvalue weighted by molar-refractivity contribution is 6.35. The topological polar surface area (TPSA) is 170 Å². The van der Waals surface area contributed by atoms with Crippen LogP contribution in [0.2, 0.25) is 0 Å². The van der Waals surface area contributed by atoms with E-state index in [1.165, 1.54) is 9.80 Å². The van der Waals surface area contributed by atoms with E-state index < -0.39 is 11.8 Å². The van der Waals surface area contributed by atoms with E-state index in [9.17, 15) is 30.4 Å². The van der Waals surface area contributed by atoms with Crippen molar-refractivity contribution in [3.05, 3.63) is 20.8 Å². The maximum atomic E-state index is 12.0. The molecule has 0 aromatic carbocycles. The fourth-order valence-corrected chi connectivity index (χ4v) is 2.51. The number of rotatable bonds is 2. The van der Waals surface area contributed by atoms with Crippen LogP contribution in [0.25, 0.3) is 0 Å². The van der Waals surface area contributed by atoms with Crippen molar-refractivity contribution in [2.45, 2.75) is 0 Å². The molecule has 3 heterocycles. The third-order valence-corrected chi connectivity index (χ3v) is 3.89. The van der Waals surface area contributed by atoms with E-state index >= 15 is 0 Å². The normalized spacial score (nSPS) is 21.8. The highest BCUT2D eigenvalue weighted by atomic mass is 16.6. The van der Waals surface area contributed by atoms with E-state index in [1.807, 2.05) is 0 Å². The maximum Gasteiger partial charge on any atom is 0.312 e. The molecule has 3 aliphatic rings. The minimum Gasteiger partial charge on any atom is -0.737 e. The molecule has 3 saturated heterocycles. The number of hydrazine groups is 2. The second kappa shape index (κ2) is 7.47. The fourth-order valence-electron chi connectivity index (χ4n) is 2.51. The lowest BCUT2D eigenvalue weighted by Crippen LogP contribution is -2.58. The fraction of sp³-hybridized carbons (Fsp3) is 0.800. The van der Waals surface area contributed by atoms with Gasteiger partial charge in [-0.15, -0.1) is 10.0 Å². The van der Waals surface area contributed by atoms with Crippen molar-refractivity contribution in [1.29, 1.82) is 0 Å². The zero-order valence-electron chi connectivity index (χ0n) is 12.7. The molecule has 3 fully saturated rings. The summed E-state index contributed by atoms with van der Waals surface area (Å²) in [5, 5.41) is 50.3. The Morgan fingerprint density at radius 1 is 0.667 bits per heavy atom. The molecule has 0 radical (unpaired) electrons. The molecule has 14 nitrogen and oxygen atoms in total. The first kappa shape index (κ1) is 17.3. The molecular weight excluding hydrogens is 328 g/mol. The SMILES string of the molecule is O=C1C(=O)N2CCN1CCN(/[N+]([O-])=N/[O-])CCN(/[N+]([O-])=N/[O-])CC2. The van der Waals surface area contributed by atoms with Gasteiger partial charge in [-0.25, -0.2) is 0 Å². The van der Waals surface area contributed by atoms with E-state index in [0.717, 1.165) is 10.0 Å². The summed E-state index contributed by atoms with van der Waals surface area (Å²) in [4.78, 5) is 26.2. The van der Waals surface area contributed by atoms with E-state index in [4.69, 9.17) is 0 Å². The summed E-state index contributed by atoms with van der Waals surface area (Å²) in [6.07, 6.45) is 0. The molecule has 2 bridgehead atoms. The van der Waals surface area contributed by atoms with Gasteiger partial charge in [-0.2, -0.15) is 0 Å². The molecule has 0 aliphatic carbocycles. The van der Waals surface area contributed by atoms with Gasteiger partial charge in [0, 0.05) is 36.1 Å². The molecule has 0 unspecified atom stereocenters. The summed E-state index contributed by atoms with van der Waals surface area (Å²) in [5.41, 5.74) is 0. The molecule has 0 aromatic rings. The van der Waals surface area contributed by atoms with Gasteiger partial charge in [0.25, 0.3) is 0 Å². The standard InChI is InChI=1S/C10H18N8O6/c19-9-10(20)14-2-1-13(9)3-5-15(17(23)11-21)7-8-16(6-4-14)18(24)12-22/h21-22H,1-8H2/p-2/b17-11-,18-12-. The molecule has 134 valence electrons. The second-order valence-corrected chi connectivity index (χ2v) is 5.16. The Morgan fingerprint density at radius 3 is 1.29 bits per heavy atom. The molecule has 0 aromatic heterocycles. The zero-order valence-corrected chi connectivity index (χ0v) is 12.7. The smallest absolute Gasteiger partial charge is 0.312 e. The van der Waals surface area contributed by atoms with Crippen molar-refractivity contribution in [1.82, 2.24) is 19.8 Å². The minimum atomic E-state index is -0.725. The minimum absolute atomic E-state index is 0.0414. The number of fused-ring (bicyclic) bond motifs is 9. The van der Waals surface area contributed by atoms with Crippen LogP contribution >= 0.6 is 0 Å².